The highest BCUT2D eigenvalue weighted by Crippen LogP contribution is 2.20. The molecule has 86 valence electrons. The molecular formula is C12H14INO2. The van der Waals surface area contributed by atoms with Crippen LogP contribution in [0.5, 0.6) is 0 Å². The molecule has 1 amide bonds. The van der Waals surface area contributed by atoms with E-state index < -0.39 is 0 Å². The molecule has 0 bridgehead atoms. The third kappa shape index (κ3) is 2.95. The van der Waals surface area contributed by atoms with Gasteiger partial charge in [-0.05, 0) is 47.6 Å². The van der Waals surface area contributed by atoms with Crippen LogP contribution in [0.2, 0.25) is 0 Å². The van der Waals surface area contributed by atoms with E-state index in [-0.39, 0.29) is 12.0 Å². The monoisotopic (exact) mass is 331 g/mol. The van der Waals surface area contributed by atoms with Crippen LogP contribution >= 0.6 is 22.6 Å². The molecule has 0 aromatic heterocycles. The minimum Gasteiger partial charge on any atom is -0.270 e. The van der Waals surface area contributed by atoms with Crippen molar-refractivity contribution in [2.24, 2.45) is 0 Å². The normalized spacial score (nSPS) is 16.3. The molecule has 0 aliphatic heterocycles. The predicted octanol–water partition coefficient (Wildman–Crippen LogP) is 2.90. The number of benzene rings is 1. The summed E-state index contributed by atoms with van der Waals surface area (Å²) in [6.07, 6.45) is 4.69. The fraction of sp³-hybridized carbons (Fsp3) is 0.417. The molecule has 0 saturated heterocycles. The van der Waals surface area contributed by atoms with Crippen LogP contribution in [-0.4, -0.2) is 12.0 Å². The molecule has 1 aromatic rings. The second-order valence-corrected chi connectivity index (χ2v) is 5.10. The molecule has 16 heavy (non-hydrogen) atoms. The number of hydroxylamine groups is 1. The lowest BCUT2D eigenvalue weighted by molar-refractivity contribution is -0.0125. The predicted molar refractivity (Wildman–Crippen MR) is 70.0 cm³/mol. The largest absolute Gasteiger partial charge is 0.275 e. The highest BCUT2D eigenvalue weighted by atomic mass is 127. The SMILES string of the molecule is O=C(NOC1CCCC1)c1ccccc1I. The second-order valence-electron chi connectivity index (χ2n) is 3.94. The van der Waals surface area contributed by atoms with Gasteiger partial charge >= 0.3 is 0 Å². The number of hydrogen-bond donors (Lipinski definition) is 1. The lowest BCUT2D eigenvalue weighted by Gasteiger charge is -2.11. The first kappa shape index (κ1) is 11.9. The molecule has 1 aliphatic rings. The van der Waals surface area contributed by atoms with Crippen molar-refractivity contribution < 1.29 is 9.63 Å². The molecule has 0 radical (unpaired) electrons. The molecule has 0 spiro atoms. The lowest BCUT2D eigenvalue weighted by Crippen LogP contribution is -2.28. The maximum atomic E-state index is 11.8. The first-order chi connectivity index (χ1) is 7.77. The van der Waals surface area contributed by atoms with E-state index in [9.17, 15) is 4.79 Å². The fourth-order valence-electron chi connectivity index (χ4n) is 1.84. The third-order valence-electron chi connectivity index (χ3n) is 2.74. The number of hydrogen-bond acceptors (Lipinski definition) is 2. The Labute approximate surface area is 109 Å². The van der Waals surface area contributed by atoms with Gasteiger partial charge in [0.1, 0.15) is 0 Å². The summed E-state index contributed by atoms with van der Waals surface area (Å²) >= 11 is 2.15. The van der Waals surface area contributed by atoms with Crippen molar-refractivity contribution in [3.8, 4) is 0 Å². The summed E-state index contributed by atoms with van der Waals surface area (Å²) in [6, 6.07) is 7.48. The minimum atomic E-state index is -0.156. The van der Waals surface area contributed by atoms with Crippen LogP contribution in [0.1, 0.15) is 36.0 Å². The van der Waals surface area contributed by atoms with Crippen molar-refractivity contribution in [2.45, 2.75) is 31.8 Å². The van der Waals surface area contributed by atoms with E-state index in [1.165, 1.54) is 12.8 Å². The third-order valence-corrected chi connectivity index (χ3v) is 3.68. The van der Waals surface area contributed by atoms with Crippen molar-refractivity contribution in [3.63, 3.8) is 0 Å². The Morgan fingerprint density at radius 3 is 2.69 bits per heavy atom. The summed E-state index contributed by atoms with van der Waals surface area (Å²) in [5.41, 5.74) is 3.21. The highest BCUT2D eigenvalue weighted by Gasteiger charge is 2.17. The van der Waals surface area contributed by atoms with Crippen molar-refractivity contribution in [3.05, 3.63) is 33.4 Å². The Morgan fingerprint density at radius 1 is 1.31 bits per heavy atom. The number of rotatable bonds is 3. The van der Waals surface area contributed by atoms with Crippen LogP contribution in [0.15, 0.2) is 24.3 Å². The summed E-state index contributed by atoms with van der Waals surface area (Å²) < 4.78 is 0.938. The molecule has 0 atom stereocenters. The van der Waals surface area contributed by atoms with Crippen molar-refractivity contribution in [1.29, 1.82) is 0 Å². The van der Waals surface area contributed by atoms with E-state index in [2.05, 4.69) is 28.1 Å². The van der Waals surface area contributed by atoms with Gasteiger partial charge in [0.05, 0.1) is 11.7 Å². The van der Waals surface area contributed by atoms with E-state index >= 15 is 0 Å². The van der Waals surface area contributed by atoms with Crippen LogP contribution in [0.4, 0.5) is 0 Å². The molecule has 1 N–H and O–H groups in total. The van der Waals surface area contributed by atoms with Gasteiger partial charge in [0.2, 0.25) is 0 Å². The molecular weight excluding hydrogens is 317 g/mol. The zero-order chi connectivity index (χ0) is 11.4. The second kappa shape index (κ2) is 5.63. The van der Waals surface area contributed by atoms with Gasteiger partial charge in [-0.25, -0.2) is 5.48 Å². The Balaban J connectivity index is 1.90. The quantitative estimate of drug-likeness (QED) is 0.683. The van der Waals surface area contributed by atoms with Gasteiger partial charge < -0.3 is 0 Å². The number of amides is 1. The minimum absolute atomic E-state index is 0.156. The first-order valence-corrected chi connectivity index (χ1v) is 6.56. The average molecular weight is 331 g/mol. The summed E-state index contributed by atoms with van der Waals surface area (Å²) in [6.45, 7) is 0. The van der Waals surface area contributed by atoms with Crippen LogP contribution in [0.3, 0.4) is 0 Å². The first-order valence-electron chi connectivity index (χ1n) is 5.48. The maximum absolute atomic E-state index is 11.8. The zero-order valence-corrected chi connectivity index (χ0v) is 11.1. The van der Waals surface area contributed by atoms with E-state index in [1.54, 1.807) is 6.07 Å². The smallest absolute Gasteiger partial charge is 0.270 e. The van der Waals surface area contributed by atoms with Crippen LogP contribution in [0, 0.1) is 3.57 Å². The standard InChI is InChI=1S/C12H14INO2/c13-11-8-4-3-7-10(11)12(15)14-16-9-5-1-2-6-9/h3-4,7-9H,1-2,5-6H2,(H,14,15). The zero-order valence-electron chi connectivity index (χ0n) is 8.91. The molecule has 1 fully saturated rings. The van der Waals surface area contributed by atoms with Gasteiger partial charge in [0.15, 0.2) is 0 Å². The Bertz CT molecular complexity index is 375. The summed E-state index contributed by atoms with van der Waals surface area (Å²) in [5.74, 6) is -0.156. The van der Waals surface area contributed by atoms with E-state index in [1.807, 2.05) is 18.2 Å². The molecule has 0 heterocycles. The van der Waals surface area contributed by atoms with E-state index in [4.69, 9.17) is 4.84 Å². The van der Waals surface area contributed by atoms with Gasteiger partial charge in [0, 0.05) is 3.57 Å². The van der Waals surface area contributed by atoms with Crippen LogP contribution < -0.4 is 5.48 Å². The lowest BCUT2D eigenvalue weighted by atomic mass is 10.2. The van der Waals surface area contributed by atoms with Crippen molar-refractivity contribution in [1.82, 2.24) is 5.48 Å². The number of carbonyl (C=O) groups is 1. The number of halogens is 1. The molecule has 0 unspecified atom stereocenters. The van der Waals surface area contributed by atoms with Crippen LogP contribution in [0.25, 0.3) is 0 Å². The van der Waals surface area contributed by atoms with Crippen molar-refractivity contribution in [2.75, 3.05) is 0 Å². The average Bonchev–Trinajstić information content (AvgIpc) is 2.79. The number of nitrogens with one attached hydrogen (secondary N) is 1. The molecule has 2 rings (SSSR count). The van der Waals surface area contributed by atoms with Gasteiger partial charge in [0.25, 0.3) is 5.91 Å². The summed E-state index contributed by atoms with van der Waals surface area (Å²) in [4.78, 5) is 17.2. The van der Waals surface area contributed by atoms with Gasteiger partial charge in [-0.15, -0.1) is 0 Å². The van der Waals surface area contributed by atoms with Gasteiger partial charge in [-0.1, -0.05) is 25.0 Å². The molecule has 1 saturated carbocycles. The Kier molecular flexibility index (Phi) is 4.17. The van der Waals surface area contributed by atoms with Crippen LogP contribution in [-0.2, 0) is 4.84 Å². The highest BCUT2D eigenvalue weighted by molar-refractivity contribution is 14.1. The molecule has 1 aromatic carbocycles. The van der Waals surface area contributed by atoms with Gasteiger partial charge in [-0.3, -0.25) is 9.63 Å². The summed E-state index contributed by atoms with van der Waals surface area (Å²) in [5, 5.41) is 0. The van der Waals surface area contributed by atoms with Gasteiger partial charge in [-0.2, -0.15) is 0 Å². The molecule has 1 aliphatic carbocycles. The molecule has 4 heteroatoms. The van der Waals surface area contributed by atoms with Crippen molar-refractivity contribution >= 4 is 28.5 Å². The fourth-order valence-corrected chi connectivity index (χ4v) is 2.48. The Morgan fingerprint density at radius 2 is 2.00 bits per heavy atom. The topological polar surface area (TPSA) is 38.3 Å². The summed E-state index contributed by atoms with van der Waals surface area (Å²) in [7, 11) is 0. The van der Waals surface area contributed by atoms with E-state index in [0.717, 1.165) is 16.4 Å². The maximum Gasteiger partial charge on any atom is 0.275 e. The van der Waals surface area contributed by atoms with E-state index in [0.29, 0.717) is 5.56 Å². The Hall–Kier alpha value is -0.620. The molecule has 3 nitrogen and oxygen atoms in total. The number of carbonyl (C=O) groups excluding carboxylic acids is 1.